The molecule has 1 unspecified atom stereocenters. The van der Waals surface area contributed by atoms with Gasteiger partial charge in [-0.2, -0.15) is 0 Å². The van der Waals surface area contributed by atoms with Crippen LogP contribution < -0.4 is 10.6 Å². The molecule has 0 aliphatic rings. The van der Waals surface area contributed by atoms with Crippen LogP contribution >= 0.6 is 11.3 Å². The van der Waals surface area contributed by atoms with E-state index in [2.05, 4.69) is 32.7 Å². The topological polar surface area (TPSA) is 42.2 Å². The van der Waals surface area contributed by atoms with E-state index in [1.165, 1.54) is 17.0 Å². The van der Waals surface area contributed by atoms with E-state index in [0.29, 0.717) is 12.5 Å². The van der Waals surface area contributed by atoms with Crippen molar-refractivity contribution in [1.82, 2.24) is 4.98 Å². The van der Waals surface area contributed by atoms with Gasteiger partial charge >= 0.3 is 0 Å². The number of aryl methyl sites for hydroxylation is 1. The van der Waals surface area contributed by atoms with Crippen LogP contribution in [-0.4, -0.2) is 18.6 Å². The highest BCUT2D eigenvalue weighted by Crippen LogP contribution is 2.27. The summed E-state index contributed by atoms with van der Waals surface area (Å²) in [7, 11) is 2.13. The van der Waals surface area contributed by atoms with Crippen LogP contribution in [0, 0.1) is 5.92 Å². The zero-order valence-corrected chi connectivity index (χ0v) is 12.3. The molecular formula is C13H25N3S. The summed E-state index contributed by atoms with van der Waals surface area (Å²) in [6.07, 6.45) is 3.38. The van der Waals surface area contributed by atoms with Gasteiger partial charge in [0.1, 0.15) is 0 Å². The van der Waals surface area contributed by atoms with E-state index in [1.54, 1.807) is 11.3 Å². The van der Waals surface area contributed by atoms with E-state index in [0.717, 1.165) is 24.5 Å². The first-order valence-electron chi connectivity index (χ1n) is 6.52. The number of nitrogens with two attached hydrogens (primary N) is 1. The van der Waals surface area contributed by atoms with E-state index >= 15 is 0 Å². The van der Waals surface area contributed by atoms with Crippen LogP contribution in [0.3, 0.4) is 0 Å². The van der Waals surface area contributed by atoms with Crippen LogP contribution in [-0.2, 0) is 13.0 Å². The Morgan fingerprint density at radius 2 is 2.12 bits per heavy atom. The Kier molecular flexibility index (Phi) is 5.92. The molecule has 0 aliphatic heterocycles. The van der Waals surface area contributed by atoms with Gasteiger partial charge in [-0.15, -0.1) is 11.3 Å². The summed E-state index contributed by atoms with van der Waals surface area (Å²) >= 11 is 1.75. The van der Waals surface area contributed by atoms with Crippen LogP contribution in [0.15, 0.2) is 0 Å². The van der Waals surface area contributed by atoms with Gasteiger partial charge in [-0.05, 0) is 12.3 Å². The van der Waals surface area contributed by atoms with Crippen LogP contribution in [0.5, 0.6) is 0 Å². The molecule has 0 spiro atoms. The first-order valence-corrected chi connectivity index (χ1v) is 7.33. The first-order chi connectivity index (χ1) is 8.12. The van der Waals surface area contributed by atoms with Crippen LogP contribution in [0.2, 0.25) is 0 Å². The Morgan fingerprint density at radius 3 is 2.65 bits per heavy atom. The third-order valence-electron chi connectivity index (χ3n) is 3.05. The van der Waals surface area contributed by atoms with Gasteiger partial charge in [0, 0.05) is 25.0 Å². The van der Waals surface area contributed by atoms with Gasteiger partial charge in [0.25, 0.3) is 0 Å². The normalized spacial score (nSPS) is 12.8. The lowest BCUT2D eigenvalue weighted by Crippen LogP contribution is -2.23. The third kappa shape index (κ3) is 3.96. The molecule has 0 saturated heterocycles. The number of anilines is 1. The predicted octanol–water partition coefficient (Wildman–Crippen LogP) is 3.04. The lowest BCUT2D eigenvalue weighted by molar-refractivity contribution is 0.559. The minimum atomic E-state index is 0.615. The largest absolute Gasteiger partial charge is 0.351 e. The summed E-state index contributed by atoms with van der Waals surface area (Å²) in [4.78, 5) is 8.23. The van der Waals surface area contributed by atoms with Crippen molar-refractivity contribution in [2.45, 2.75) is 46.6 Å². The van der Waals surface area contributed by atoms with E-state index in [9.17, 15) is 0 Å². The Balaban J connectivity index is 2.76. The molecule has 17 heavy (non-hydrogen) atoms. The summed E-state index contributed by atoms with van der Waals surface area (Å²) in [6.45, 7) is 8.38. The molecule has 0 aromatic carbocycles. The zero-order valence-electron chi connectivity index (χ0n) is 11.5. The van der Waals surface area contributed by atoms with Crippen LogP contribution in [0.25, 0.3) is 0 Å². The van der Waals surface area contributed by atoms with Crippen molar-refractivity contribution in [3.8, 4) is 0 Å². The van der Waals surface area contributed by atoms with Crippen molar-refractivity contribution in [2.75, 3.05) is 18.5 Å². The smallest absolute Gasteiger partial charge is 0.185 e. The minimum Gasteiger partial charge on any atom is -0.351 e. The van der Waals surface area contributed by atoms with Crippen LogP contribution in [0.1, 0.15) is 44.2 Å². The van der Waals surface area contributed by atoms with Crippen molar-refractivity contribution in [2.24, 2.45) is 11.7 Å². The predicted molar refractivity (Wildman–Crippen MR) is 76.7 cm³/mol. The van der Waals surface area contributed by atoms with Gasteiger partial charge in [-0.25, -0.2) is 4.98 Å². The standard InChI is InChI=1S/C13H25N3S/c1-5-7-11-12(8-14)17-13(15-11)16(4)9-10(3)6-2/h10H,5-9,14H2,1-4H3. The second-order valence-corrected chi connectivity index (χ2v) is 5.78. The molecule has 0 radical (unpaired) electrons. The molecule has 0 fully saturated rings. The van der Waals surface area contributed by atoms with Gasteiger partial charge in [0.05, 0.1) is 5.69 Å². The Bertz CT molecular complexity index is 335. The summed E-state index contributed by atoms with van der Waals surface area (Å²) in [5, 5.41) is 1.12. The highest BCUT2D eigenvalue weighted by molar-refractivity contribution is 7.15. The van der Waals surface area contributed by atoms with Crippen LogP contribution in [0.4, 0.5) is 5.13 Å². The Morgan fingerprint density at radius 1 is 1.41 bits per heavy atom. The van der Waals surface area contributed by atoms with Gasteiger partial charge < -0.3 is 10.6 Å². The molecule has 1 heterocycles. The molecule has 4 heteroatoms. The maximum absolute atomic E-state index is 5.77. The lowest BCUT2D eigenvalue weighted by Gasteiger charge is -2.19. The molecule has 0 saturated carbocycles. The first kappa shape index (κ1) is 14.5. The number of thiazole rings is 1. The van der Waals surface area contributed by atoms with Crippen molar-refractivity contribution in [3.63, 3.8) is 0 Å². The average molecular weight is 255 g/mol. The maximum Gasteiger partial charge on any atom is 0.185 e. The van der Waals surface area contributed by atoms with E-state index in [4.69, 9.17) is 10.7 Å². The summed E-state index contributed by atoms with van der Waals surface area (Å²) in [5.74, 6) is 0.708. The summed E-state index contributed by atoms with van der Waals surface area (Å²) < 4.78 is 0. The highest BCUT2D eigenvalue weighted by atomic mass is 32.1. The number of hydrogen-bond donors (Lipinski definition) is 1. The molecule has 1 aromatic heterocycles. The molecule has 1 atom stereocenters. The third-order valence-corrected chi connectivity index (χ3v) is 4.28. The van der Waals surface area contributed by atoms with E-state index in [-0.39, 0.29) is 0 Å². The average Bonchev–Trinajstić information content (AvgIpc) is 2.72. The fraction of sp³-hybridized carbons (Fsp3) is 0.769. The summed E-state index contributed by atoms with van der Waals surface area (Å²) in [5.41, 5.74) is 6.97. The lowest BCUT2D eigenvalue weighted by atomic mass is 10.1. The molecule has 0 amide bonds. The Hall–Kier alpha value is -0.610. The van der Waals surface area contributed by atoms with Gasteiger partial charge in [-0.1, -0.05) is 33.6 Å². The zero-order chi connectivity index (χ0) is 12.8. The Labute approximate surface area is 109 Å². The highest BCUT2D eigenvalue weighted by Gasteiger charge is 2.13. The molecule has 1 aromatic rings. The number of nitrogens with zero attached hydrogens (tertiary/aromatic N) is 2. The van der Waals surface area contributed by atoms with E-state index < -0.39 is 0 Å². The second-order valence-electron chi connectivity index (χ2n) is 4.71. The van der Waals surface area contributed by atoms with Crippen molar-refractivity contribution >= 4 is 16.5 Å². The molecule has 2 N–H and O–H groups in total. The number of aromatic nitrogens is 1. The molecule has 98 valence electrons. The molecular weight excluding hydrogens is 230 g/mol. The van der Waals surface area contributed by atoms with Crippen molar-refractivity contribution in [1.29, 1.82) is 0 Å². The fourth-order valence-electron chi connectivity index (χ4n) is 1.80. The molecule has 0 aliphatic carbocycles. The minimum absolute atomic E-state index is 0.615. The maximum atomic E-state index is 5.77. The van der Waals surface area contributed by atoms with Gasteiger partial charge in [0.2, 0.25) is 0 Å². The molecule has 3 nitrogen and oxygen atoms in total. The van der Waals surface area contributed by atoms with Crippen molar-refractivity contribution in [3.05, 3.63) is 10.6 Å². The second kappa shape index (κ2) is 6.97. The van der Waals surface area contributed by atoms with Gasteiger partial charge in [0.15, 0.2) is 5.13 Å². The fourth-order valence-corrected chi connectivity index (χ4v) is 2.75. The summed E-state index contributed by atoms with van der Waals surface area (Å²) in [6, 6.07) is 0. The SMILES string of the molecule is CCCc1nc(N(C)CC(C)CC)sc1CN. The van der Waals surface area contributed by atoms with Crippen molar-refractivity contribution < 1.29 is 0 Å². The van der Waals surface area contributed by atoms with Gasteiger partial charge in [-0.3, -0.25) is 0 Å². The van der Waals surface area contributed by atoms with E-state index in [1.807, 2.05) is 0 Å². The monoisotopic (exact) mass is 255 g/mol. The quantitative estimate of drug-likeness (QED) is 0.814. The molecule has 1 rings (SSSR count). The molecule has 0 bridgehead atoms. The number of rotatable bonds is 7. The number of hydrogen-bond acceptors (Lipinski definition) is 4.